The number of likely N-dealkylation sites (tertiary alicyclic amines) is 2. The molecule has 158 valence electrons. The predicted molar refractivity (Wildman–Crippen MR) is 113 cm³/mol. The van der Waals surface area contributed by atoms with Crippen molar-refractivity contribution in [2.45, 2.75) is 31.7 Å². The van der Waals surface area contributed by atoms with Crippen LogP contribution in [0.3, 0.4) is 0 Å². The standard InChI is InChI=1S/C24H29N3O3/c1-30-19-10-8-16(9-11-19)22-20-15-26(24(29)21-7-4-12-25-21)13-18(20)14-27(22)23(28)17-5-2-3-6-17/h4,7-12,17-18,20,22,25H,2-3,5-6,13-15H2,1H3/t18-,20-,22-/m0/s1. The molecule has 1 saturated carbocycles. The van der Waals surface area contributed by atoms with E-state index in [-0.39, 0.29) is 23.8 Å². The van der Waals surface area contributed by atoms with Gasteiger partial charge in [-0.3, -0.25) is 9.59 Å². The van der Waals surface area contributed by atoms with Crippen molar-refractivity contribution in [1.82, 2.24) is 14.8 Å². The third-order valence-electron chi connectivity index (χ3n) is 7.22. The fraction of sp³-hybridized carbons (Fsp3) is 0.500. The number of aromatic amines is 1. The average molecular weight is 408 g/mol. The minimum atomic E-state index is 0.0236. The Morgan fingerprint density at radius 3 is 2.47 bits per heavy atom. The molecule has 0 radical (unpaired) electrons. The topological polar surface area (TPSA) is 65.6 Å². The largest absolute Gasteiger partial charge is 0.497 e. The zero-order valence-corrected chi connectivity index (χ0v) is 17.4. The van der Waals surface area contributed by atoms with E-state index in [4.69, 9.17) is 4.74 Å². The highest BCUT2D eigenvalue weighted by molar-refractivity contribution is 5.92. The number of H-pyrrole nitrogens is 1. The lowest BCUT2D eigenvalue weighted by Crippen LogP contribution is -2.39. The smallest absolute Gasteiger partial charge is 0.270 e. The Morgan fingerprint density at radius 1 is 1.03 bits per heavy atom. The Labute approximate surface area is 177 Å². The summed E-state index contributed by atoms with van der Waals surface area (Å²) in [4.78, 5) is 33.4. The second kappa shape index (κ2) is 7.82. The van der Waals surface area contributed by atoms with Crippen LogP contribution in [0.15, 0.2) is 42.6 Å². The summed E-state index contributed by atoms with van der Waals surface area (Å²) < 4.78 is 5.33. The fourth-order valence-corrected chi connectivity index (χ4v) is 5.71. The number of carbonyl (C=O) groups excluding carboxylic acids is 2. The zero-order chi connectivity index (χ0) is 20.7. The first-order chi connectivity index (χ1) is 14.7. The van der Waals surface area contributed by atoms with Crippen molar-refractivity contribution in [2.75, 3.05) is 26.7 Å². The molecule has 2 aliphatic heterocycles. The predicted octanol–water partition coefficient (Wildman–Crippen LogP) is 3.49. The Kier molecular flexibility index (Phi) is 5.01. The molecule has 2 saturated heterocycles. The van der Waals surface area contributed by atoms with E-state index < -0.39 is 0 Å². The highest BCUT2D eigenvalue weighted by Crippen LogP contribution is 2.46. The van der Waals surface area contributed by atoms with E-state index in [0.29, 0.717) is 30.6 Å². The number of methoxy groups -OCH3 is 1. The van der Waals surface area contributed by atoms with E-state index in [1.54, 1.807) is 13.3 Å². The van der Waals surface area contributed by atoms with Gasteiger partial charge in [0, 0.05) is 43.6 Å². The molecule has 5 rings (SSSR count). The van der Waals surface area contributed by atoms with Crippen LogP contribution in [-0.2, 0) is 4.79 Å². The summed E-state index contributed by atoms with van der Waals surface area (Å²) in [5, 5.41) is 0. The maximum Gasteiger partial charge on any atom is 0.270 e. The highest BCUT2D eigenvalue weighted by Gasteiger charge is 2.51. The first-order valence-electron chi connectivity index (χ1n) is 11.0. The number of nitrogens with zero attached hydrogens (tertiary/aromatic N) is 2. The fourth-order valence-electron chi connectivity index (χ4n) is 5.71. The molecule has 3 atom stereocenters. The quantitative estimate of drug-likeness (QED) is 0.844. The van der Waals surface area contributed by atoms with E-state index >= 15 is 0 Å². The number of amides is 2. The summed E-state index contributed by atoms with van der Waals surface area (Å²) in [5.74, 6) is 1.93. The molecule has 1 N–H and O–H groups in total. The molecule has 1 aromatic heterocycles. The second-order valence-electron chi connectivity index (χ2n) is 8.91. The van der Waals surface area contributed by atoms with Gasteiger partial charge in [-0.15, -0.1) is 0 Å². The number of aromatic nitrogens is 1. The zero-order valence-electron chi connectivity index (χ0n) is 17.4. The average Bonchev–Trinajstić information content (AvgIpc) is 3.56. The molecule has 6 heteroatoms. The molecule has 2 aromatic rings. The van der Waals surface area contributed by atoms with E-state index in [0.717, 1.165) is 43.5 Å². The number of fused-ring (bicyclic) bond motifs is 1. The molecule has 3 fully saturated rings. The monoisotopic (exact) mass is 407 g/mol. The lowest BCUT2D eigenvalue weighted by Gasteiger charge is -2.32. The molecule has 1 aliphatic carbocycles. The molecule has 3 heterocycles. The van der Waals surface area contributed by atoms with Gasteiger partial charge in [-0.25, -0.2) is 0 Å². The van der Waals surface area contributed by atoms with Gasteiger partial charge in [-0.2, -0.15) is 0 Å². The lowest BCUT2D eigenvalue weighted by atomic mass is 9.89. The third-order valence-corrected chi connectivity index (χ3v) is 7.22. The minimum absolute atomic E-state index is 0.0236. The maximum atomic E-state index is 13.4. The van der Waals surface area contributed by atoms with Crippen LogP contribution in [0.1, 0.15) is 47.8 Å². The lowest BCUT2D eigenvalue weighted by molar-refractivity contribution is -0.136. The first-order valence-corrected chi connectivity index (χ1v) is 11.0. The van der Waals surface area contributed by atoms with E-state index in [1.165, 1.54) is 0 Å². The van der Waals surface area contributed by atoms with Crippen molar-refractivity contribution in [1.29, 1.82) is 0 Å². The van der Waals surface area contributed by atoms with Gasteiger partial charge in [0.05, 0.1) is 13.2 Å². The number of hydrogen-bond donors (Lipinski definition) is 1. The number of hydrogen-bond acceptors (Lipinski definition) is 3. The molecule has 2 amide bonds. The molecule has 6 nitrogen and oxygen atoms in total. The molecule has 1 aromatic carbocycles. The summed E-state index contributed by atoms with van der Waals surface area (Å²) in [5.41, 5.74) is 1.78. The Hall–Kier alpha value is -2.76. The van der Waals surface area contributed by atoms with Crippen LogP contribution in [0.5, 0.6) is 5.75 Å². The summed E-state index contributed by atoms with van der Waals surface area (Å²) in [6.07, 6.45) is 6.12. The molecule has 0 bridgehead atoms. The van der Waals surface area contributed by atoms with Crippen molar-refractivity contribution in [3.63, 3.8) is 0 Å². The van der Waals surface area contributed by atoms with Gasteiger partial charge in [-0.1, -0.05) is 25.0 Å². The first kappa shape index (κ1) is 19.2. The van der Waals surface area contributed by atoms with Gasteiger partial charge in [0.2, 0.25) is 5.91 Å². The minimum Gasteiger partial charge on any atom is -0.497 e. The van der Waals surface area contributed by atoms with Crippen LogP contribution >= 0.6 is 0 Å². The SMILES string of the molecule is COc1ccc([C@H]2[C@H]3CN(C(=O)c4ccc[nH]4)C[C@H]3CN2C(=O)C2CCCC2)cc1. The number of carbonyl (C=O) groups is 2. The van der Waals surface area contributed by atoms with Gasteiger partial charge < -0.3 is 19.5 Å². The van der Waals surface area contributed by atoms with Crippen LogP contribution < -0.4 is 4.74 Å². The Balaban J connectivity index is 1.42. The molecule has 30 heavy (non-hydrogen) atoms. The Morgan fingerprint density at radius 2 is 1.80 bits per heavy atom. The normalized spacial score (nSPS) is 26.2. The highest BCUT2D eigenvalue weighted by atomic mass is 16.5. The van der Waals surface area contributed by atoms with Crippen LogP contribution in [-0.4, -0.2) is 53.3 Å². The number of nitrogens with one attached hydrogen (secondary N) is 1. The molecular weight excluding hydrogens is 378 g/mol. The molecule has 0 spiro atoms. The molecule has 3 aliphatic rings. The van der Waals surface area contributed by atoms with Gasteiger partial charge in [0.15, 0.2) is 0 Å². The number of benzene rings is 1. The van der Waals surface area contributed by atoms with Crippen molar-refractivity contribution in [3.05, 3.63) is 53.9 Å². The van der Waals surface area contributed by atoms with Crippen LogP contribution in [0.4, 0.5) is 0 Å². The van der Waals surface area contributed by atoms with Crippen LogP contribution in [0, 0.1) is 17.8 Å². The van der Waals surface area contributed by atoms with Crippen LogP contribution in [0.2, 0.25) is 0 Å². The molecular formula is C24H29N3O3. The maximum absolute atomic E-state index is 13.4. The third kappa shape index (κ3) is 3.28. The Bertz CT molecular complexity index is 902. The second-order valence-corrected chi connectivity index (χ2v) is 8.91. The van der Waals surface area contributed by atoms with Crippen molar-refractivity contribution in [2.24, 2.45) is 17.8 Å². The van der Waals surface area contributed by atoms with Gasteiger partial charge in [-0.05, 0) is 42.7 Å². The van der Waals surface area contributed by atoms with Crippen molar-refractivity contribution < 1.29 is 14.3 Å². The van der Waals surface area contributed by atoms with E-state index in [1.807, 2.05) is 29.2 Å². The number of ether oxygens (including phenoxy) is 1. The van der Waals surface area contributed by atoms with Gasteiger partial charge >= 0.3 is 0 Å². The molecule has 0 unspecified atom stereocenters. The van der Waals surface area contributed by atoms with Crippen LogP contribution in [0.25, 0.3) is 0 Å². The van der Waals surface area contributed by atoms with E-state index in [9.17, 15) is 9.59 Å². The summed E-state index contributed by atoms with van der Waals surface area (Å²) >= 11 is 0. The van der Waals surface area contributed by atoms with Crippen molar-refractivity contribution in [3.8, 4) is 5.75 Å². The van der Waals surface area contributed by atoms with E-state index in [2.05, 4.69) is 22.0 Å². The van der Waals surface area contributed by atoms with Crippen molar-refractivity contribution >= 4 is 11.8 Å². The summed E-state index contributed by atoms with van der Waals surface area (Å²) in [6, 6.07) is 11.8. The summed E-state index contributed by atoms with van der Waals surface area (Å²) in [6.45, 7) is 2.14. The summed E-state index contributed by atoms with van der Waals surface area (Å²) in [7, 11) is 1.66. The van der Waals surface area contributed by atoms with Gasteiger partial charge in [0.25, 0.3) is 5.91 Å². The van der Waals surface area contributed by atoms with Gasteiger partial charge in [0.1, 0.15) is 11.4 Å². The number of rotatable bonds is 4.